The highest BCUT2D eigenvalue weighted by atomic mass is 16.4. The first-order valence-corrected chi connectivity index (χ1v) is 3.45. The number of aliphatic hydroxyl groups excluding tert-OH is 2. The third-order valence-corrected chi connectivity index (χ3v) is 1.87. The summed E-state index contributed by atoms with van der Waals surface area (Å²) in [6.07, 6.45) is 0.730. The molecule has 0 saturated carbocycles. The van der Waals surface area contributed by atoms with Crippen LogP contribution in [0.1, 0.15) is 13.3 Å². The third-order valence-electron chi connectivity index (χ3n) is 1.87. The standard InChI is InChI=1S/C6H15BO3/c1-2-6(3-8,4-9)5-10-7/h8-9H,2-5,7H2,1H3. The smallest absolute Gasteiger partial charge is 0.257 e. The first kappa shape index (κ1) is 9.94. The van der Waals surface area contributed by atoms with Crippen molar-refractivity contribution in [2.45, 2.75) is 13.3 Å². The van der Waals surface area contributed by atoms with E-state index in [0.29, 0.717) is 6.61 Å². The molecule has 0 aliphatic rings. The summed E-state index contributed by atoms with van der Waals surface area (Å²) in [6.45, 7) is 2.30. The lowest BCUT2D eigenvalue weighted by molar-refractivity contribution is 0.0138. The lowest BCUT2D eigenvalue weighted by Gasteiger charge is -2.27. The highest BCUT2D eigenvalue weighted by Crippen LogP contribution is 2.19. The Balaban J connectivity index is 3.87. The van der Waals surface area contributed by atoms with Crippen molar-refractivity contribution in [2.75, 3.05) is 19.8 Å². The highest BCUT2D eigenvalue weighted by Gasteiger charge is 2.25. The van der Waals surface area contributed by atoms with Crippen molar-refractivity contribution in [3.05, 3.63) is 0 Å². The van der Waals surface area contributed by atoms with Gasteiger partial charge in [0.05, 0.1) is 13.2 Å². The summed E-state index contributed by atoms with van der Waals surface area (Å²) in [4.78, 5) is 0. The lowest BCUT2D eigenvalue weighted by Crippen LogP contribution is -2.34. The van der Waals surface area contributed by atoms with Crippen molar-refractivity contribution < 1.29 is 14.9 Å². The van der Waals surface area contributed by atoms with Crippen LogP contribution in [0.3, 0.4) is 0 Å². The Labute approximate surface area is 62.5 Å². The molecular weight excluding hydrogens is 131 g/mol. The van der Waals surface area contributed by atoms with Crippen LogP contribution in [0, 0.1) is 5.41 Å². The van der Waals surface area contributed by atoms with E-state index in [1.807, 2.05) is 6.92 Å². The first-order valence-electron chi connectivity index (χ1n) is 3.45. The number of aliphatic hydroxyl groups is 2. The molecule has 0 unspecified atom stereocenters. The van der Waals surface area contributed by atoms with Crippen molar-refractivity contribution in [2.24, 2.45) is 5.41 Å². The van der Waals surface area contributed by atoms with Crippen LogP contribution in [0.25, 0.3) is 0 Å². The molecule has 0 amide bonds. The SMILES string of the molecule is BOCC(CC)(CO)CO. The summed E-state index contributed by atoms with van der Waals surface area (Å²) in [5.41, 5.74) is -0.436. The Morgan fingerprint density at radius 1 is 1.40 bits per heavy atom. The van der Waals surface area contributed by atoms with Crippen LogP contribution in [0.4, 0.5) is 0 Å². The van der Waals surface area contributed by atoms with Gasteiger partial charge in [0.25, 0.3) is 8.05 Å². The van der Waals surface area contributed by atoms with E-state index in [1.165, 1.54) is 0 Å². The topological polar surface area (TPSA) is 49.7 Å². The van der Waals surface area contributed by atoms with Gasteiger partial charge in [0.1, 0.15) is 0 Å². The minimum Gasteiger partial charge on any atom is -0.443 e. The van der Waals surface area contributed by atoms with Gasteiger partial charge in [-0.25, -0.2) is 0 Å². The quantitative estimate of drug-likeness (QED) is 0.485. The Bertz CT molecular complexity index is 74.8. The van der Waals surface area contributed by atoms with Gasteiger partial charge in [-0.05, 0) is 6.42 Å². The minimum atomic E-state index is -0.436. The molecule has 3 nitrogen and oxygen atoms in total. The van der Waals surface area contributed by atoms with Gasteiger partial charge in [0.2, 0.25) is 0 Å². The van der Waals surface area contributed by atoms with E-state index in [-0.39, 0.29) is 13.2 Å². The third kappa shape index (κ3) is 2.29. The summed E-state index contributed by atoms with van der Waals surface area (Å²) in [7, 11) is 1.57. The molecule has 60 valence electrons. The molecule has 4 heteroatoms. The van der Waals surface area contributed by atoms with Gasteiger partial charge in [-0.3, -0.25) is 0 Å². The van der Waals surface area contributed by atoms with E-state index >= 15 is 0 Å². The molecule has 0 saturated heterocycles. The number of hydrogen-bond donors (Lipinski definition) is 2. The Morgan fingerprint density at radius 2 is 1.90 bits per heavy atom. The molecule has 0 rings (SSSR count). The second kappa shape index (κ2) is 4.71. The number of rotatable bonds is 5. The van der Waals surface area contributed by atoms with E-state index in [1.54, 1.807) is 8.05 Å². The molecule has 0 bridgehead atoms. The van der Waals surface area contributed by atoms with Crippen LogP contribution in [0.2, 0.25) is 0 Å². The number of hydrogen-bond acceptors (Lipinski definition) is 3. The maximum atomic E-state index is 8.87. The fourth-order valence-corrected chi connectivity index (χ4v) is 0.773. The van der Waals surface area contributed by atoms with Crippen molar-refractivity contribution in [3.63, 3.8) is 0 Å². The zero-order chi connectivity index (χ0) is 8.04. The molecule has 0 aromatic rings. The Hall–Kier alpha value is -0.0551. The van der Waals surface area contributed by atoms with Gasteiger partial charge >= 0.3 is 0 Å². The second-order valence-electron chi connectivity index (χ2n) is 2.60. The van der Waals surface area contributed by atoms with Crippen LogP contribution in [-0.4, -0.2) is 38.1 Å². The Kier molecular flexibility index (Phi) is 4.69. The van der Waals surface area contributed by atoms with Gasteiger partial charge in [-0.15, -0.1) is 0 Å². The van der Waals surface area contributed by atoms with E-state index < -0.39 is 5.41 Å². The first-order chi connectivity index (χ1) is 4.74. The fraction of sp³-hybridized carbons (Fsp3) is 1.00. The van der Waals surface area contributed by atoms with E-state index in [4.69, 9.17) is 14.9 Å². The molecule has 0 heterocycles. The van der Waals surface area contributed by atoms with E-state index in [9.17, 15) is 0 Å². The molecule has 0 aliphatic heterocycles. The maximum absolute atomic E-state index is 8.87. The predicted molar refractivity (Wildman–Crippen MR) is 41.4 cm³/mol. The monoisotopic (exact) mass is 146 g/mol. The zero-order valence-corrected chi connectivity index (χ0v) is 6.63. The van der Waals surface area contributed by atoms with Crippen LogP contribution < -0.4 is 0 Å². The lowest BCUT2D eigenvalue weighted by atomic mass is 9.88. The predicted octanol–water partition coefficient (Wildman–Crippen LogP) is -1.07. The van der Waals surface area contributed by atoms with Gasteiger partial charge < -0.3 is 14.9 Å². The summed E-state index contributed by atoms with van der Waals surface area (Å²) in [5, 5.41) is 17.7. The van der Waals surface area contributed by atoms with E-state index in [2.05, 4.69) is 0 Å². The maximum Gasteiger partial charge on any atom is 0.257 e. The van der Waals surface area contributed by atoms with Crippen LogP contribution in [0.15, 0.2) is 0 Å². The highest BCUT2D eigenvalue weighted by molar-refractivity contribution is 5.97. The van der Waals surface area contributed by atoms with Gasteiger partial charge in [-0.2, -0.15) is 0 Å². The minimum absolute atomic E-state index is 0.0200. The largest absolute Gasteiger partial charge is 0.443 e. The van der Waals surface area contributed by atoms with Crippen molar-refractivity contribution in [1.82, 2.24) is 0 Å². The van der Waals surface area contributed by atoms with Crippen LogP contribution >= 0.6 is 0 Å². The van der Waals surface area contributed by atoms with Gasteiger partial charge in [0.15, 0.2) is 0 Å². The molecule has 2 N–H and O–H groups in total. The summed E-state index contributed by atoms with van der Waals surface area (Å²) in [5.74, 6) is 0. The molecule has 0 spiro atoms. The molecule has 10 heavy (non-hydrogen) atoms. The van der Waals surface area contributed by atoms with Gasteiger partial charge in [-0.1, -0.05) is 6.92 Å². The fourth-order valence-electron chi connectivity index (χ4n) is 0.773. The molecule has 0 aliphatic carbocycles. The van der Waals surface area contributed by atoms with Crippen molar-refractivity contribution in [3.8, 4) is 0 Å². The van der Waals surface area contributed by atoms with E-state index in [0.717, 1.165) is 6.42 Å². The normalized spacial score (nSPS) is 11.9. The van der Waals surface area contributed by atoms with Crippen molar-refractivity contribution in [1.29, 1.82) is 0 Å². The molecule has 0 fully saturated rings. The zero-order valence-electron chi connectivity index (χ0n) is 6.63. The molecule has 0 radical (unpaired) electrons. The molecule has 0 aromatic carbocycles. The summed E-state index contributed by atoms with van der Waals surface area (Å²) in [6, 6.07) is 0. The molecule has 0 aromatic heterocycles. The molecule has 0 atom stereocenters. The van der Waals surface area contributed by atoms with Gasteiger partial charge in [0, 0.05) is 12.0 Å². The average Bonchev–Trinajstić information content (AvgIpc) is 2.01. The Morgan fingerprint density at radius 3 is 2.00 bits per heavy atom. The summed E-state index contributed by atoms with van der Waals surface area (Å²) < 4.78 is 4.86. The van der Waals surface area contributed by atoms with Crippen molar-refractivity contribution >= 4 is 8.05 Å². The summed E-state index contributed by atoms with van der Waals surface area (Å²) >= 11 is 0. The van der Waals surface area contributed by atoms with Crippen LogP contribution in [-0.2, 0) is 4.65 Å². The average molecular weight is 146 g/mol. The molecular formula is C6H15BO3. The van der Waals surface area contributed by atoms with Crippen LogP contribution in [0.5, 0.6) is 0 Å². The second-order valence-corrected chi connectivity index (χ2v) is 2.60.